The van der Waals surface area contributed by atoms with Gasteiger partial charge in [-0.1, -0.05) is 30.3 Å². The van der Waals surface area contributed by atoms with E-state index in [1.807, 2.05) is 30.3 Å². The Morgan fingerprint density at radius 1 is 1.15 bits per heavy atom. The number of amides is 2. The number of nitrogens with one attached hydrogen (secondary N) is 1. The molecule has 1 unspecified atom stereocenters. The van der Waals surface area contributed by atoms with Crippen molar-refractivity contribution in [2.75, 3.05) is 19.7 Å². The van der Waals surface area contributed by atoms with Crippen LogP contribution in [0.15, 0.2) is 30.3 Å². The Hall–Kier alpha value is -1.72. The number of rotatable bonds is 7. The molecule has 1 heterocycles. The molecule has 2 N–H and O–H groups in total. The summed E-state index contributed by atoms with van der Waals surface area (Å²) in [6.07, 6.45) is 1.26. The predicted octanol–water partition coefficient (Wildman–Crippen LogP) is 0.849. The maximum Gasteiger partial charge on any atom is 0.229 e. The van der Waals surface area contributed by atoms with Crippen LogP contribution in [0.25, 0.3) is 0 Å². The van der Waals surface area contributed by atoms with Crippen molar-refractivity contribution < 1.29 is 14.7 Å². The highest BCUT2D eigenvalue weighted by atomic mass is 16.3. The second kappa shape index (κ2) is 7.17. The fourth-order valence-electron chi connectivity index (χ4n) is 2.42. The summed E-state index contributed by atoms with van der Waals surface area (Å²) in [5.74, 6) is -0.176. The van der Waals surface area contributed by atoms with E-state index in [-0.39, 0.29) is 24.5 Å². The van der Waals surface area contributed by atoms with Gasteiger partial charge in [-0.05, 0) is 12.0 Å². The minimum atomic E-state index is -0.0878. The molecule has 20 heavy (non-hydrogen) atoms. The van der Waals surface area contributed by atoms with E-state index in [2.05, 4.69) is 5.32 Å². The molecule has 1 atom stereocenters. The van der Waals surface area contributed by atoms with Gasteiger partial charge in [-0.25, -0.2) is 0 Å². The van der Waals surface area contributed by atoms with Crippen LogP contribution in [0, 0.1) is 0 Å². The van der Waals surface area contributed by atoms with E-state index < -0.39 is 0 Å². The second-order valence-electron chi connectivity index (χ2n) is 4.87. The average Bonchev–Trinajstić information content (AvgIpc) is 2.79. The van der Waals surface area contributed by atoms with Crippen LogP contribution in [0.2, 0.25) is 0 Å². The molecule has 5 nitrogen and oxygen atoms in total. The molecule has 0 radical (unpaired) electrons. The lowest BCUT2D eigenvalue weighted by atomic mass is 10.0. The van der Waals surface area contributed by atoms with Gasteiger partial charge in [-0.3, -0.25) is 14.5 Å². The first-order valence-corrected chi connectivity index (χ1v) is 6.94. The molecule has 0 spiro atoms. The molecule has 2 rings (SSSR count). The number of likely N-dealkylation sites (tertiary alicyclic amines) is 1. The summed E-state index contributed by atoms with van der Waals surface area (Å²) in [4.78, 5) is 24.3. The Labute approximate surface area is 118 Å². The van der Waals surface area contributed by atoms with Gasteiger partial charge in [0.25, 0.3) is 0 Å². The molecule has 1 aliphatic heterocycles. The highest BCUT2D eigenvalue weighted by molar-refractivity contribution is 6.01. The quantitative estimate of drug-likeness (QED) is 0.724. The molecule has 1 fully saturated rings. The summed E-state index contributed by atoms with van der Waals surface area (Å²) in [7, 11) is 0. The molecule has 0 bridgehead atoms. The second-order valence-corrected chi connectivity index (χ2v) is 4.87. The zero-order chi connectivity index (χ0) is 14.4. The number of imide groups is 1. The molecule has 1 aromatic rings. The van der Waals surface area contributed by atoms with Crippen molar-refractivity contribution in [2.24, 2.45) is 0 Å². The largest absolute Gasteiger partial charge is 0.396 e. The normalized spacial score (nSPS) is 16.8. The van der Waals surface area contributed by atoms with Crippen LogP contribution in [-0.2, 0) is 9.59 Å². The van der Waals surface area contributed by atoms with Crippen molar-refractivity contribution in [2.45, 2.75) is 25.3 Å². The third kappa shape index (κ3) is 3.65. The molecule has 2 amide bonds. The summed E-state index contributed by atoms with van der Waals surface area (Å²) in [5, 5.41) is 12.4. The van der Waals surface area contributed by atoms with Crippen molar-refractivity contribution in [3.63, 3.8) is 0 Å². The lowest BCUT2D eigenvalue weighted by Gasteiger charge is -2.20. The van der Waals surface area contributed by atoms with E-state index in [4.69, 9.17) is 5.11 Å². The molecule has 0 aliphatic carbocycles. The zero-order valence-corrected chi connectivity index (χ0v) is 11.4. The Bertz CT molecular complexity index is 445. The third-order valence-corrected chi connectivity index (χ3v) is 3.50. The van der Waals surface area contributed by atoms with Gasteiger partial charge in [0.2, 0.25) is 11.8 Å². The molecule has 0 saturated carbocycles. The summed E-state index contributed by atoms with van der Waals surface area (Å²) in [6, 6.07) is 9.89. The van der Waals surface area contributed by atoms with Crippen molar-refractivity contribution in [1.29, 1.82) is 0 Å². The lowest BCUT2D eigenvalue weighted by Crippen LogP contribution is -2.37. The van der Waals surface area contributed by atoms with Crippen LogP contribution in [0.4, 0.5) is 0 Å². The van der Waals surface area contributed by atoms with E-state index >= 15 is 0 Å². The minimum Gasteiger partial charge on any atom is -0.396 e. The van der Waals surface area contributed by atoms with Gasteiger partial charge in [0.15, 0.2) is 0 Å². The predicted molar refractivity (Wildman–Crippen MR) is 74.8 cm³/mol. The van der Waals surface area contributed by atoms with Crippen LogP contribution in [0.3, 0.4) is 0 Å². The van der Waals surface area contributed by atoms with Gasteiger partial charge in [0.05, 0.1) is 0 Å². The smallest absolute Gasteiger partial charge is 0.229 e. The maximum absolute atomic E-state index is 11.5. The van der Waals surface area contributed by atoms with E-state index in [9.17, 15) is 9.59 Å². The minimum absolute atomic E-state index is 0.0361. The fraction of sp³-hybridized carbons (Fsp3) is 0.467. The number of aliphatic hydroxyl groups is 1. The van der Waals surface area contributed by atoms with Gasteiger partial charge in [0, 0.05) is 38.6 Å². The number of aliphatic hydroxyl groups excluding tert-OH is 1. The molecular weight excluding hydrogens is 256 g/mol. The monoisotopic (exact) mass is 276 g/mol. The molecule has 5 heteroatoms. The molecule has 1 saturated heterocycles. The summed E-state index contributed by atoms with van der Waals surface area (Å²) >= 11 is 0. The van der Waals surface area contributed by atoms with E-state index in [1.165, 1.54) is 4.90 Å². The first-order valence-electron chi connectivity index (χ1n) is 6.94. The Morgan fingerprint density at radius 2 is 1.80 bits per heavy atom. The van der Waals surface area contributed by atoms with Crippen molar-refractivity contribution >= 4 is 11.8 Å². The van der Waals surface area contributed by atoms with E-state index in [0.717, 1.165) is 5.56 Å². The van der Waals surface area contributed by atoms with Gasteiger partial charge in [-0.15, -0.1) is 0 Å². The average molecular weight is 276 g/mol. The lowest BCUT2D eigenvalue weighted by molar-refractivity contribution is -0.138. The number of hydrogen-bond acceptors (Lipinski definition) is 4. The summed E-state index contributed by atoms with van der Waals surface area (Å²) < 4.78 is 0. The maximum atomic E-state index is 11.5. The van der Waals surface area contributed by atoms with Gasteiger partial charge >= 0.3 is 0 Å². The molecule has 0 aromatic heterocycles. The van der Waals surface area contributed by atoms with Crippen LogP contribution in [0.5, 0.6) is 0 Å². The first kappa shape index (κ1) is 14.7. The Morgan fingerprint density at radius 3 is 2.40 bits per heavy atom. The molecule has 1 aromatic carbocycles. The van der Waals surface area contributed by atoms with E-state index in [0.29, 0.717) is 32.4 Å². The highest BCUT2D eigenvalue weighted by Gasteiger charge is 2.28. The van der Waals surface area contributed by atoms with E-state index in [1.54, 1.807) is 0 Å². The highest BCUT2D eigenvalue weighted by Crippen LogP contribution is 2.16. The molecule has 1 aliphatic rings. The SMILES string of the molecule is O=C1CCC(=O)N1CCNC(CCO)c1ccccc1. The van der Waals surface area contributed by atoms with Crippen molar-refractivity contribution in [3.8, 4) is 0 Å². The molecule has 108 valence electrons. The fourth-order valence-corrected chi connectivity index (χ4v) is 2.42. The van der Waals surface area contributed by atoms with Crippen LogP contribution in [-0.4, -0.2) is 41.5 Å². The van der Waals surface area contributed by atoms with Gasteiger partial charge < -0.3 is 10.4 Å². The number of nitrogens with zero attached hydrogens (tertiary/aromatic N) is 1. The summed E-state index contributed by atoms with van der Waals surface area (Å²) in [5.41, 5.74) is 1.10. The third-order valence-electron chi connectivity index (χ3n) is 3.50. The number of hydrogen-bond donors (Lipinski definition) is 2. The standard InChI is InChI=1S/C15H20N2O3/c18-11-8-13(12-4-2-1-3-5-12)16-9-10-17-14(19)6-7-15(17)20/h1-5,13,16,18H,6-11H2. The van der Waals surface area contributed by atoms with Crippen LogP contribution < -0.4 is 5.32 Å². The van der Waals surface area contributed by atoms with Crippen molar-refractivity contribution in [1.82, 2.24) is 10.2 Å². The van der Waals surface area contributed by atoms with Crippen LogP contribution >= 0.6 is 0 Å². The zero-order valence-electron chi connectivity index (χ0n) is 11.4. The molecular formula is C15H20N2O3. The van der Waals surface area contributed by atoms with Gasteiger partial charge in [0.1, 0.15) is 0 Å². The van der Waals surface area contributed by atoms with Crippen LogP contribution in [0.1, 0.15) is 30.9 Å². The first-order chi connectivity index (χ1) is 9.72. The topological polar surface area (TPSA) is 69.6 Å². The van der Waals surface area contributed by atoms with Gasteiger partial charge in [-0.2, -0.15) is 0 Å². The van der Waals surface area contributed by atoms with Crippen molar-refractivity contribution in [3.05, 3.63) is 35.9 Å². The number of carbonyl (C=O) groups is 2. The Kier molecular flexibility index (Phi) is 5.26. The number of carbonyl (C=O) groups excluding carboxylic acids is 2. The summed E-state index contributed by atoms with van der Waals surface area (Å²) in [6.45, 7) is 1.03. The number of benzene rings is 1. The Balaban J connectivity index is 1.87.